The summed E-state index contributed by atoms with van der Waals surface area (Å²) in [7, 11) is 1.45. The highest BCUT2D eigenvalue weighted by Gasteiger charge is 2.18. The van der Waals surface area contributed by atoms with Crippen LogP contribution in [-0.4, -0.2) is 18.2 Å². The van der Waals surface area contributed by atoms with E-state index in [2.05, 4.69) is 0 Å². The number of methoxy groups -OCH3 is 1. The second-order valence-electron chi connectivity index (χ2n) is 2.95. The van der Waals surface area contributed by atoms with Crippen molar-refractivity contribution in [2.75, 3.05) is 7.11 Å². The summed E-state index contributed by atoms with van der Waals surface area (Å²) in [5.74, 6) is -2.00. The minimum absolute atomic E-state index is 0.136. The molecule has 14 heavy (non-hydrogen) atoms. The molecule has 0 aliphatic heterocycles. The first kappa shape index (κ1) is 10.5. The second kappa shape index (κ2) is 4.09. The highest BCUT2D eigenvalue weighted by atomic mass is 19.1. The molecule has 3 nitrogen and oxygen atoms in total. The molecule has 0 saturated carbocycles. The molecule has 0 amide bonds. The van der Waals surface area contributed by atoms with Gasteiger partial charge in [-0.3, -0.25) is 4.79 Å². The number of carboxylic acid groups (broad SMARTS) is 1. The zero-order valence-electron chi connectivity index (χ0n) is 7.95. The van der Waals surface area contributed by atoms with Crippen molar-refractivity contribution < 1.29 is 19.0 Å². The standard InChI is InChI=1S/C10H11FO3/c1-6(10(12)13)8-5-7(14-2)3-4-9(8)11/h3-6H,1-2H3,(H,12,13). The van der Waals surface area contributed by atoms with Crippen molar-refractivity contribution in [1.29, 1.82) is 0 Å². The van der Waals surface area contributed by atoms with Crippen LogP contribution in [0.2, 0.25) is 0 Å². The minimum atomic E-state index is -1.06. The van der Waals surface area contributed by atoms with Crippen LogP contribution in [0.5, 0.6) is 5.75 Å². The molecule has 1 aromatic carbocycles. The van der Waals surface area contributed by atoms with Gasteiger partial charge in [0, 0.05) is 5.56 Å². The van der Waals surface area contributed by atoms with E-state index in [1.165, 1.54) is 32.2 Å². The first-order valence-electron chi connectivity index (χ1n) is 4.12. The fraction of sp³-hybridized carbons (Fsp3) is 0.300. The first-order valence-corrected chi connectivity index (χ1v) is 4.12. The molecule has 0 heterocycles. The topological polar surface area (TPSA) is 46.5 Å². The minimum Gasteiger partial charge on any atom is -0.497 e. The van der Waals surface area contributed by atoms with E-state index >= 15 is 0 Å². The number of benzene rings is 1. The van der Waals surface area contributed by atoms with Crippen LogP contribution in [0, 0.1) is 5.82 Å². The van der Waals surface area contributed by atoms with Gasteiger partial charge < -0.3 is 9.84 Å². The highest BCUT2D eigenvalue weighted by molar-refractivity contribution is 5.75. The monoisotopic (exact) mass is 198 g/mol. The fourth-order valence-corrected chi connectivity index (χ4v) is 1.11. The van der Waals surface area contributed by atoms with Crippen LogP contribution in [0.25, 0.3) is 0 Å². The van der Waals surface area contributed by atoms with E-state index in [1.807, 2.05) is 0 Å². The lowest BCUT2D eigenvalue weighted by Gasteiger charge is -2.09. The molecule has 0 bridgehead atoms. The molecule has 0 aromatic heterocycles. The van der Waals surface area contributed by atoms with Crippen LogP contribution >= 0.6 is 0 Å². The molecule has 0 spiro atoms. The fourth-order valence-electron chi connectivity index (χ4n) is 1.11. The number of aliphatic carboxylic acids is 1. The van der Waals surface area contributed by atoms with Gasteiger partial charge in [0.25, 0.3) is 0 Å². The molecule has 1 N–H and O–H groups in total. The predicted octanol–water partition coefficient (Wildman–Crippen LogP) is 2.02. The molecule has 0 saturated heterocycles. The van der Waals surface area contributed by atoms with Crippen LogP contribution in [0.3, 0.4) is 0 Å². The average Bonchev–Trinajstić information content (AvgIpc) is 2.17. The van der Waals surface area contributed by atoms with Gasteiger partial charge in [-0.2, -0.15) is 0 Å². The number of carboxylic acids is 1. The van der Waals surface area contributed by atoms with Crippen molar-refractivity contribution >= 4 is 5.97 Å². The number of hydrogen-bond acceptors (Lipinski definition) is 2. The molecule has 1 rings (SSSR count). The van der Waals surface area contributed by atoms with Crippen molar-refractivity contribution in [1.82, 2.24) is 0 Å². The second-order valence-corrected chi connectivity index (χ2v) is 2.95. The normalized spacial score (nSPS) is 12.2. The molecule has 0 fully saturated rings. The Bertz CT molecular complexity index is 349. The van der Waals surface area contributed by atoms with Gasteiger partial charge in [0.05, 0.1) is 13.0 Å². The molecular formula is C10H11FO3. The summed E-state index contributed by atoms with van der Waals surface area (Å²) in [5, 5.41) is 8.72. The van der Waals surface area contributed by atoms with Gasteiger partial charge in [-0.25, -0.2) is 4.39 Å². The van der Waals surface area contributed by atoms with E-state index in [0.29, 0.717) is 5.75 Å². The lowest BCUT2D eigenvalue weighted by Crippen LogP contribution is -2.09. The van der Waals surface area contributed by atoms with E-state index in [4.69, 9.17) is 9.84 Å². The highest BCUT2D eigenvalue weighted by Crippen LogP contribution is 2.23. The first-order chi connectivity index (χ1) is 6.56. The Labute approximate surface area is 81.1 Å². The summed E-state index contributed by atoms with van der Waals surface area (Å²) in [6, 6.07) is 4.05. The average molecular weight is 198 g/mol. The lowest BCUT2D eigenvalue weighted by atomic mass is 10.0. The van der Waals surface area contributed by atoms with E-state index in [0.717, 1.165) is 0 Å². The maximum atomic E-state index is 13.2. The van der Waals surface area contributed by atoms with Gasteiger partial charge in [-0.15, -0.1) is 0 Å². The Hall–Kier alpha value is -1.58. The molecule has 0 aliphatic rings. The number of rotatable bonds is 3. The molecular weight excluding hydrogens is 187 g/mol. The van der Waals surface area contributed by atoms with Crippen LogP contribution < -0.4 is 4.74 Å². The molecule has 0 aliphatic carbocycles. The number of halogens is 1. The Balaban J connectivity index is 3.11. The Morgan fingerprint density at radius 2 is 2.21 bits per heavy atom. The van der Waals surface area contributed by atoms with Crippen LogP contribution in [0.1, 0.15) is 18.4 Å². The van der Waals surface area contributed by atoms with Gasteiger partial charge >= 0.3 is 5.97 Å². The van der Waals surface area contributed by atoms with E-state index < -0.39 is 17.7 Å². The molecule has 1 atom stereocenters. The maximum Gasteiger partial charge on any atom is 0.310 e. The maximum absolute atomic E-state index is 13.2. The van der Waals surface area contributed by atoms with Crippen LogP contribution in [-0.2, 0) is 4.79 Å². The largest absolute Gasteiger partial charge is 0.497 e. The molecule has 4 heteroatoms. The quantitative estimate of drug-likeness (QED) is 0.808. The van der Waals surface area contributed by atoms with Gasteiger partial charge in [0.1, 0.15) is 11.6 Å². The predicted molar refractivity (Wildman–Crippen MR) is 49.0 cm³/mol. The molecule has 1 aromatic rings. The smallest absolute Gasteiger partial charge is 0.310 e. The lowest BCUT2D eigenvalue weighted by molar-refractivity contribution is -0.138. The number of ether oxygens (including phenoxy) is 1. The number of hydrogen-bond donors (Lipinski definition) is 1. The van der Waals surface area contributed by atoms with Crippen LogP contribution in [0.15, 0.2) is 18.2 Å². The van der Waals surface area contributed by atoms with Crippen molar-refractivity contribution in [3.63, 3.8) is 0 Å². The number of carbonyl (C=O) groups is 1. The van der Waals surface area contributed by atoms with Crippen LogP contribution in [0.4, 0.5) is 4.39 Å². The summed E-state index contributed by atoms with van der Waals surface area (Å²) < 4.78 is 18.1. The summed E-state index contributed by atoms with van der Waals surface area (Å²) >= 11 is 0. The summed E-state index contributed by atoms with van der Waals surface area (Å²) in [4.78, 5) is 10.6. The Morgan fingerprint density at radius 3 is 2.71 bits per heavy atom. The van der Waals surface area contributed by atoms with Crippen molar-refractivity contribution in [2.45, 2.75) is 12.8 Å². The van der Waals surface area contributed by atoms with E-state index in [-0.39, 0.29) is 5.56 Å². The third-order valence-electron chi connectivity index (χ3n) is 2.04. The van der Waals surface area contributed by atoms with Crippen molar-refractivity contribution in [3.05, 3.63) is 29.6 Å². The third kappa shape index (κ3) is 2.02. The molecule has 76 valence electrons. The van der Waals surface area contributed by atoms with E-state index in [1.54, 1.807) is 0 Å². The van der Waals surface area contributed by atoms with Gasteiger partial charge in [-0.05, 0) is 25.1 Å². The third-order valence-corrected chi connectivity index (χ3v) is 2.04. The van der Waals surface area contributed by atoms with Crippen molar-refractivity contribution in [3.8, 4) is 5.75 Å². The van der Waals surface area contributed by atoms with Gasteiger partial charge in [-0.1, -0.05) is 0 Å². The van der Waals surface area contributed by atoms with Gasteiger partial charge in [0.2, 0.25) is 0 Å². The summed E-state index contributed by atoms with van der Waals surface area (Å²) in [6.45, 7) is 1.43. The molecule has 0 radical (unpaired) electrons. The Morgan fingerprint density at radius 1 is 1.57 bits per heavy atom. The summed E-state index contributed by atoms with van der Waals surface area (Å²) in [5.41, 5.74) is 0.136. The summed E-state index contributed by atoms with van der Waals surface area (Å²) in [6.07, 6.45) is 0. The van der Waals surface area contributed by atoms with Crippen molar-refractivity contribution in [2.24, 2.45) is 0 Å². The van der Waals surface area contributed by atoms with Gasteiger partial charge in [0.15, 0.2) is 0 Å². The SMILES string of the molecule is COc1ccc(F)c(C(C)C(=O)O)c1. The zero-order valence-corrected chi connectivity index (χ0v) is 7.95. The van der Waals surface area contributed by atoms with E-state index in [9.17, 15) is 9.18 Å². The zero-order chi connectivity index (χ0) is 10.7. The molecule has 1 unspecified atom stereocenters. The Kier molecular flexibility index (Phi) is 3.06.